The summed E-state index contributed by atoms with van der Waals surface area (Å²) in [6, 6.07) is 10.6. The third-order valence-corrected chi connectivity index (χ3v) is 4.60. The van der Waals surface area contributed by atoms with Crippen LogP contribution in [0.25, 0.3) is 0 Å². The SMILES string of the molecule is O=C(Oc1ccc(Br)cc1)c1ccc(S(=O)(=O)C(F)F)cc1. The van der Waals surface area contributed by atoms with Gasteiger partial charge < -0.3 is 4.74 Å². The van der Waals surface area contributed by atoms with E-state index in [0.717, 1.165) is 28.7 Å². The van der Waals surface area contributed by atoms with E-state index in [4.69, 9.17) is 4.74 Å². The van der Waals surface area contributed by atoms with E-state index in [0.29, 0.717) is 5.75 Å². The van der Waals surface area contributed by atoms with Crippen molar-refractivity contribution in [2.24, 2.45) is 0 Å². The van der Waals surface area contributed by atoms with Crippen LogP contribution in [-0.4, -0.2) is 20.1 Å². The lowest BCUT2D eigenvalue weighted by Crippen LogP contribution is -2.12. The van der Waals surface area contributed by atoms with Crippen LogP contribution in [0.4, 0.5) is 8.78 Å². The lowest BCUT2D eigenvalue weighted by Gasteiger charge is -2.06. The Hall–Kier alpha value is -1.80. The van der Waals surface area contributed by atoms with Crippen LogP contribution in [0.3, 0.4) is 0 Å². The zero-order valence-electron chi connectivity index (χ0n) is 10.9. The quantitative estimate of drug-likeness (QED) is 0.590. The summed E-state index contributed by atoms with van der Waals surface area (Å²) in [7, 11) is -4.67. The molecule has 0 saturated heterocycles. The van der Waals surface area contributed by atoms with Gasteiger partial charge in [0.15, 0.2) is 0 Å². The van der Waals surface area contributed by atoms with Crippen LogP contribution >= 0.6 is 15.9 Å². The van der Waals surface area contributed by atoms with Gasteiger partial charge >= 0.3 is 11.7 Å². The molecule has 4 nitrogen and oxygen atoms in total. The lowest BCUT2D eigenvalue weighted by atomic mass is 10.2. The highest BCUT2D eigenvalue weighted by Gasteiger charge is 2.26. The minimum absolute atomic E-state index is 0.0520. The highest BCUT2D eigenvalue weighted by Crippen LogP contribution is 2.20. The van der Waals surface area contributed by atoms with Gasteiger partial charge in [-0.3, -0.25) is 0 Å². The molecule has 0 saturated carbocycles. The first-order chi connectivity index (χ1) is 10.3. The number of hydrogen-bond acceptors (Lipinski definition) is 4. The van der Waals surface area contributed by atoms with E-state index >= 15 is 0 Å². The third kappa shape index (κ3) is 3.69. The molecule has 0 fully saturated rings. The summed E-state index contributed by atoms with van der Waals surface area (Å²) < 4.78 is 53.2. The first kappa shape index (κ1) is 16.6. The molecule has 0 aliphatic rings. The van der Waals surface area contributed by atoms with Crippen LogP contribution in [0.5, 0.6) is 5.75 Å². The third-order valence-electron chi connectivity index (χ3n) is 2.68. The number of alkyl halides is 2. The summed E-state index contributed by atoms with van der Waals surface area (Å²) in [6.45, 7) is 0. The standard InChI is InChI=1S/C14H9BrF2O4S/c15-10-3-5-11(6-4-10)21-13(18)9-1-7-12(8-2-9)22(19,20)14(16)17/h1-8,14H. The fraction of sp³-hybridized carbons (Fsp3) is 0.0714. The largest absolute Gasteiger partial charge is 0.423 e. The van der Waals surface area contributed by atoms with Gasteiger partial charge in [-0.25, -0.2) is 13.2 Å². The molecule has 0 aliphatic heterocycles. The highest BCUT2D eigenvalue weighted by molar-refractivity contribution is 9.10. The fourth-order valence-corrected chi connectivity index (χ4v) is 2.54. The molecule has 0 amide bonds. The molecule has 0 radical (unpaired) electrons. The molecule has 116 valence electrons. The molecule has 2 aromatic carbocycles. The number of hydrogen-bond donors (Lipinski definition) is 0. The number of halogens is 3. The van der Waals surface area contributed by atoms with Gasteiger partial charge in [0.05, 0.1) is 10.5 Å². The molecule has 0 heterocycles. The van der Waals surface area contributed by atoms with Gasteiger partial charge in [0.2, 0.25) is 9.84 Å². The second-order valence-corrected chi connectivity index (χ2v) is 7.01. The molecule has 0 aliphatic carbocycles. The molecule has 2 aromatic rings. The Morgan fingerprint density at radius 2 is 1.55 bits per heavy atom. The van der Waals surface area contributed by atoms with Crippen molar-refractivity contribution in [2.75, 3.05) is 0 Å². The Morgan fingerprint density at radius 3 is 2.05 bits per heavy atom. The Bertz CT molecular complexity index is 771. The number of ether oxygens (including phenoxy) is 1. The second-order valence-electron chi connectivity index (χ2n) is 4.17. The van der Waals surface area contributed by atoms with Crippen molar-refractivity contribution >= 4 is 31.7 Å². The Morgan fingerprint density at radius 1 is 1.00 bits per heavy atom. The van der Waals surface area contributed by atoms with Gasteiger partial charge in [0, 0.05) is 4.47 Å². The molecule has 0 N–H and O–H groups in total. The number of carbonyl (C=O) groups excluding carboxylic acids is 1. The van der Waals surface area contributed by atoms with E-state index in [1.54, 1.807) is 24.3 Å². The maximum Gasteiger partial charge on any atom is 0.343 e. The van der Waals surface area contributed by atoms with Crippen LogP contribution in [-0.2, 0) is 9.84 Å². The first-order valence-corrected chi connectivity index (χ1v) is 8.24. The zero-order valence-corrected chi connectivity index (χ0v) is 13.3. The summed E-state index contributed by atoms with van der Waals surface area (Å²) in [6.07, 6.45) is 0. The number of rotatable bonds is 4. The van der Waals surface area contributed by atoms with E-state index in [9.17, 15) is 22.0 Å². The average molecular weight is 391 g/mol. The molecular formula is C14H9BrF2O4S. The minimum atomic E-state index is -4.67. The summed E-state index contributed by atoms with van der Waals surface area (Å²) in [5, 5.41) is 0. The molecule has 0 unspecified atom stereocenters. The van der Waals surface area contributed by atoms with Gasteiger partial charge in [-0.2, -0.15) is 8.78 Å². The van der Waals surface area contributed by atoms with E-state index < -0.39 is 26.5 Å². The second kappa shape index (κ2) is 6.53. The maximum atomic E-state index is 12.4. The van der Waals surface area contributed by atoms with Gasteiger partial charge in [0.25, 0.3) is 0 Å². The molecule has 0 atom stereocenters. The van der Waals surface area contributed by atoms with Crippen LogP contribution in [0.1, 0.15) is 10.4 Å². The number of carbonyl (C=O) groups is 1. The van der Waals surface area contributed by atoms with Crippen LogP contribution in [0.2, 0.25) is 0 Å². The molecule has 22 heavy (non-hydrogen) atoms. The summed E-state index contributed by atoms with van der Waals surface area (Å²) >= 11 is 3.24. The highest BCUT2D eigenvalue weighted by atomic mass is 79.9. The molecule has 0 aromatic heterocycles. The monoisotopic (exact) mass is 390 g/mol. The van der Waals surface area contributed by atoms with E-state index in [-0.39, 0.29) is 5.56 Å². The predicted octanol–water partition coefficient (Wildman–Crippen LogP) is 3.66. The van der Waals surface area contributed by atoms with Crippen LogP contribution < -0.4 is 4.74 Å². The van der Waals surface area contributed by atoms with Gasteiger partial charge in [-0.05, 0) is 48.5 Å². The van der Waals surface area contributed by atoms with Crippen molar-refractivity contribution in [1.82, 2.24) is 0 Å². The van der Waals surface area contributed by atoms with Gasteiger partial charge in [0.1, 0.15) is 5.75 Å². The number of benzene rings is 2. The molecule has 8 heteroatoms. The average Bonchev–Trinajstić information content (AvgIpc) is 2.49. The number of sulfone groups is 1. The van der Waals surface area contributed by atoms with Crippen molar-refractivity contribution in [3.05, 3.63) is 58.6 Å². The first-order valence-electron chi connectivity index (χ1n) is 5.90. The van der Waals surface area contributed by atoms with Crippen LogP contribution in [0, 0.1) is 0 Å². The van der Waals surface area contributed by atoms with Gasteiger partial charge in [-0.1, -0.05) is 15.9 Å². The van der Waals surface area contributed by atoms with Crippen molar-refractivity contribution in [1.29, 1.82) is 0 Å². The fourth-order valence-electron chi connectivity index (χ4n) is 1.55. The normalized spacial score (nSPS) is 11.5. The smallest absolute Gasteiger partial charge is 0.343 e. The van der Waals surface area contributed by atoms with Gasteiger partial charge in [-0.15, -0.1) is 0 Å². The Labute approximate surface area is 133 Å². The Kier molecular flexibility index (Phi) is 4.92. The van der Waals surface area contributed by atoms with E-state index in [1.165, 1.54) is 0 Å². The topological polar surface area (TPSA) is 60.4 Å². The molecule has 0 spiro atoms. The number of esters is 1. The van der Waals surface area contributed by atoms with Crippen LogP contribution in [0.15, 0.2) is 57.9 Å². The van der Waals surface area contributed by atoms with Crippen molar-refractivity contribution in [3.63, 3.8) is 0 Å². The van der Waals surface area contributed by atoms with E-state index in [2.05, 4.69) is 15.9 Å². The summed E-state index contributed by atoms with van der Waals surface area (Å²) in [4.78, 5) is 11.3. The molecular weight excluding hydrogens is 382 g/mol. The zero-order chi connectivity index (χ0) is 16.3. The van der Waals surface area contributed by atoms with Crippen molar-refractivity contribution in [3.8, 4) is 5.75 Å². The van der Waals surface area contributed by atoms with Crippen molar-refractivity contribution in [2.45, 2.75) is 10.7 Å². The lowest BCUT2D eigenvalue weighted by molar-refractivity contribution is 0.0734. The summed E-state index contributed by atoms with van der Waals surface area (Å²) in [5.41, 5.74) is 0.0520. The molecule has 2 rings (SSSR count). The van der Waals surface area contributed by atoms with E-state index in [1.807, 2.05) is 0 Å². The Balaban J connectivity index is 2.16. The predicted molar refractivity (Wildman–Crippen MR) is 78.7 cm³/mol. The van der Waals surface area contributed by atoms with Crippen molar-refractivity contribution < 1.29 is 26.7 Å². The molecule has 0 bridgehead atoms. The summed E-state index contributed by atoms with van der Waals surface area (Å²) in [5.74, 6) is -3.92. The maximum absolute atomic E-state index is 12.4. The minimum Gasteiger partial charge on any atom is -0.423 e.